The summed E-state index contributed by atoms with van der Waals surface area (Å²) in [5, 5.41) is 7.80. The van der Waals surface area contributed by atoms with Gasteiger partial charge in [-0.2, -0.15) is 0 Å². The van der Waals surface area contributed by atoms with Gasteiger partial charge in [-0.05, 0) is 163 Å². The number of hydrogen-bond acceptors (Lipinski definition) is 2. The molecule has 2 nitrogen and oxygen atoms in total. The van der Waals surface area contributed by atoms with Crippen molar-refractivity contribution in [1.29, 1.82) is 0 Å². The molecule has 0 N–H and O–H groups in total. The molecule has 10 aromatic carbocycles. The van der Waals surface area contributed by atoms with E-state index in [1.54, 1.807) is 0 Å². The minimum Gasteiger partial charge on any atom is -0.310 e. The van der Waals surface area contributed by atoms with Gasteiger partial charge in [0.25, 0.3) is 0 Å². The van der Waals surface area contributed by atoms with E-state index < -0.39 is 0 Å². The van der Waals surface area contributed by atoms with Crippen molar-refractivity contribution in [3.05, 3.63) is 215 Å². The van der Waals surface area contributed by atoms with Crippen LogP contribution in [0.15, 0.2) is 182 Å². The van der Waals surface area contributed by atoms with Gasteiger partial charge in [0, 0.05) is 33.5 Å². The van der Waals surface area contributed by atoms with Crippen molar-refractivity contribution in [3.63, 3.8) is 0 Å². The minimum absolute atomic E-state index is 0.283. The third-order valence-electron chi connectivity index (χ3n) is 14.4. The van der Waals surface area contributed by atoms with Crippen LogP contribution in [0.1, 0.15) is 112 Å². The molecule has 0 fully saturated rings. The molecule has 2 heteroatoms. The third-order valence-corrected chi connectivity index (χ3v) is 14.4. The van der Waals surface area contributed by atoms with Gasteiger partial charge >= 0.3 is 0 Å². The maximum absolute atomic E-state index is 2.54. The highest BCUT2D eigenvalue weighted by Crippen LogP contribution is 2.52. The van der Waals surface area contributed by atoms with Gasteiger partial charge in [0.05, 0.1) is 11.4 Å². The topological polar surface area (TPSA) is 6.48 Å². The predicted octanol–water partition coefficient (Wildman–Crippen LogP) is 20.0. The van der Waals surface area contributed by atoms with E-state index in [2.05, 4.69) is 261 Å². The monoisotopic (exact) mass is 885 g/mol. The van der Waals surface area contributed by atoms with Crippen LogP contribution >= 0.6 is 0 Å². The summed E-state index contributed by atoms with van der Waals surface area (Å²) in [4.78, 5) is 5.08. The fourth-order valence-electron chi connectivity index (χ4n) is 10.9. The molecule has 10 aromatic rings. The fourth-order valence-corrected chi connectivity index (χ4v) is 10.9. The van der Waals surface area contributed by atoms with Crippen LogP contribution in [0, 0.1) is 13.8 Å². The van der Waals surface area contributed by atoms with E-state index in [0.717, 1.165) is 11.4 Å². The molecule has 0 heterocycles. The SMILES string of the molecule is Cc1ccc(-c2ccccc2C(C)C)cc1N(c1ccccc1)c1cc(C(C)C)c2ccc3c(N(c4ccccc4)c4cc(-c5ccccc5C(C)C)ccc4C)cc(C(C)C)c4ccc1c2c43. The predicted molar refractivity (Wildman–Crippen MR) is 296 cm³/mol. The lowest BCUT2D eigenvalue weighted by molar-refractivity contribution is 0.869. The smallest absolute Gasteiger partial charge is 0.0543 e. The Kier molecular flexibility index (Phi) is 11.9. The molecule has 338 valence electrons. The van der Waals surface area contributed by atoms with Gasteiger partial charge in [-0.25, -0.2) is 0 Å². The second-order valence-electron chi connectivity index (χ2n) is 20.2. The van der Waals surface area contributed by atoms with Gasteiger partial charge in [0.1, 0.15) is 0 Å². The van der Waals surface area contributed by atoms with E-state index in [4.69, 9.17) is 0 Å². The molecule has 0 aromatic heterocycles. The van der Waals surface area contributed by atoms with Crippen molar-refractivity contribution in [3.8, 4) is 22.3 Å². The van der Waals surface area contributed by atoms with Crippen molar-refractivity contribution in [2.24, 2.45) is 0 Å². The molecule has 0 radical (unpaired) electrons. The molecule has 0 atom stereocenters. The maximum atomic E-state index is 2.54. The molecular weight excluding hydrogens is 821 g/mol. The molecule has 0 amide bonds. The first-order valence-electron chi connectivity index (χ1n) is 24.8. The van der Waals surface area contributed by atoms with Gasteiger partial charge in [0.2, 0.25) is 0 Å². The Balaban J connectivity index is 1.29. The van der Waals surface area contributed by atoms with E-state index in [1.165, 1.54) is 111 Å². The lowest BCUT2D eigenvalue weighted by Crippen LogP contribution is -2.14. The Morgan fingerprint density at radius 2 is 0.632 bits per heavy atom. The van der Waals surface area contributed by atoms with Crippen LogP contribution < -0.4 is 9.80 Å². The van der Waals surface area contributed by atoms with Crippen molar-refractivity contribution in [2.75, 3.05) is 9.80 Å². The summed E-state index contributed by atoms with van der Waals surface area (Å²) in [6, 6.07) is 68.6. The van der Waals surface area contributed by atoms with Crippen LogP contribution in [-0.4, -0.2) is 0 Å². The summed E-state index contributed by atoms with van der Waals surface area (Å²) in [7, 11) is 0. The zero-order valence-electron chi connectivity index (χ0n) is 41.5. The highest BCUT2D eigenvalue weighted by Gasteiger charge is 2.27. The van der Waals surface area contributed by atoms with Gasteiger partial charge in [0.15, 0.2) is 0 Å². The van der Waals surface area contributed by atoms with Crippen LogP contribution in [0.3, 0.4) is 0 Å². The highest BCUT2D eigenvalue weighted by atomic mass is 15.2. The van der Waals surface area contributed by atoms with Crippen LogP contribution in [0.4, 0.5) is 34.1 Å². The van der Waals surface area contributed by atoms with Gasteiger partial charge < -0.3 is 9.80 Å². The molecule has 0 aliphatic heterocycles. The molecule has 10 rings (SSSR count). The fraction of sp³-hybridized carbons (Fsp3) is 0.212. The Morgan fingerprint density at radius 3 is 1.00 bits per heavy atom. The van der Waals surface area contributed by atoms with E-state index in [9.17, 15) is 0 Å². The maximum Gasteiger partial charge on any atom is 0.0543 e. The lowest BCUT2D eigenvalue weighted by atomic mass is 9.84. The molecule has 0 bridgehead atoms. The summed E-state index contributed by atoms with van der Waals surface area (Å²) in [5.41, 5.74) is 20.0. The van der Waals surface area contributed by atoms with Gasteiger partial charge in [-0.15, -0.1) is 0 Å². The second-order valence-corrected chi connectivity index (χ2v) is 20.2. The Morgan fingerprint density at radius 1 is 0.294 bits per heavy atom. The van der Waals surface area contributed by atoms with E-state index in [0.29, 0.717) is 11.8 Å². The Labute approximate surface area is 404 Å². The standard InChI is InChI=1S/C66H64N2/c1-41(2)51-25-17-19-27-53(51)47-31-29-45(9)61(37-47)67(49-21-13-11-14-22-49)63-39-59(43(5)6)55-34-36-58-64(40-60(44(7)8)56-33-35-57(63)65(55)66(56)58)68(50-23-15-12-16-24-50)62-38-48(32-30-46(62)10)54-28-20-18-26-52(54)42(3)4/h11-44H,1-10H3. The summed E-state index contributed by atoms with van der Waals surface area (Å²) >= 11 is 0. The molecule has 0 aliphatic rings. The molecular formula is C66H64N2. The molecule has 0 unspecified atom stereocenters. The lowest BCUT2D eigenvalue weighted by Gasteiger charge is -2.33. The Hall–Kier alpha value is -7.16. The van der Waals surface area contributed by atoms with E-state index in [-0.39, 0.29) is 11.8 Å². The van der Waals surface area contributed by atoms with E-state index in [1.807, 2.05) is 0 Å². The first kappa shape index (κ1) is 44.7. The third kappa shape index (κ3) is 7.80. The number of para-hydroxylation sites is 2. The van der Waals surface area contributed by atoms with Crippen molar-refractivity contribution in [1.82, 2.24) is 0 Å². The molecule has 0 aliphatic carbocycles. The summed E-state index contributed by atoms with van der Waals surface area (Å²) < 4.78 is 0. The normalized spacial score (nSPS) is 11.9. The molecule has 0 saturated heterocycles. The largest absolute Gasteiger partial charge is 0.310 e. The highest BCUT2D eigenvalue weighted by molar-refractivity contribution is 6.29. The first-order valence-corrected chi connectivity index (χ1v) is 24.8. The molecule has 0 saturated carbocycles. The summed E-state index contributed by atoms with van der Waals surface area (Å²) in [6.07, 6.45) is 0. The summed E-state index contributed by atoms with van der Waals surface area (Å²) in [6.45, 7) is 23.1. The summed E-state index contributed by atoms with van der Waals surface area (Å²) in [5.74, 6) is 1.37. The van der Waals surface area contributed by atoms with Crippen LogP contribution in [0.25, 0.3) is 54.6 Å². The van der Waals surface area contributed by atoms with Crippen LogP contribution in [0.5, 0.6) is 0 Å². The quantitative estimate of drug-likeness (QED) is 0.113. The minimum atomic E-state index is 0.283. The van der Waals surface area contributed by atoms with Crippen molar-refractivity contribution in [2.45, 2.75) is 92.9 Å². The van der Waals surface area contributed by atoms with Crippen molar-refractivity contribution < 1.29 is 0 Å². The van der Waals surface area contributed by atoms with Gasteiger partial charge in [-0.3, -0.25) is 0 Å². The average molecular weight is 885 g/mol. The molecule has 68 heavy (non-hydrogen) atoms. The van der Waals surface area contributed by atoms with E-state index >= 15 is 0 Å². The first-order chi connectivity index (χ1) is 32.9. The second kappa shape index (κ2) is 18.1. The average Bonchev–Trinajstić information content (AvgIpc) is 3.35. The zero-order chi connectivity index (χ0) is 47.4. The number of rotatable bonds is 12. The number of benzene rings is 10. The number of anilines is 6. The van der Waals surface area contributed by atoms with Crippen molar-refractivity contribution >= 4 is 66.4 Å². The van der Waals surface area contributed by atoms with Crippen LogP contribution in [-0.2, 0) is 0 Å². The number of nitrogens with zero attached hydrogens (tertiary/aromatic N) is 2. The van der Waals surface area contributed by atoms with Crippen LogP contribution in [0.2, 0.25) is 0 Å². The molecule has 0 spiro atoms. The van der Waals surface area contributed by atoms with Gasteiger partial charge in [-0.1, -0.05) is 189 Å². The number of aryl methyl sites for hydroxylation is 2. The zero-order valence-corrected chi connectivity index (χ0v) is 41.5. The number of hydrogen-bond donors (Lipinski definition) is 0. The Bertz CT molecular complexity index is 3200.